The molecule has 32 heavy (non-hydrogen) atoms. The lowest BCUT2D eigenvalue weighted by Gasteiger charge is -2.58. The van der Waals surface area contributed by atoms with Gasteiger partial charge >= 0.3 is 0 Å². The van der Waals surface area contributed by atoms with Gasteiger partial charge in [-0.1, -0.05) is 42.5 Å². The number of hydrogen-bond donors (Lipinski definition) is 2. The molecule has 1 aromatic heterocycles. The number of Topliss-reactive ketones (excluding diaryl/α,β-unsaturated/α-hetero) is 1. The molecule has 0 radical (unpaired) electrons. The molecule has 1 heterocycles. The van der Waals surface area contributed by atoms with E-state index in [1.54, 1.807) is 6.20 Å². The summed E-state index contributed by atoms with van der Waals surface area (Å²) in [6.07, 6.45) is 11.8. The lowest BCUT2D eigenvalue weighted by Crippen LogP contribution is -2.59. The molecule has 0 aliphatic heterocycles. The van der Waals surface area contributed by atoms with E-state index in [1.165, 1.54) is 12.8 Å². The average Bonchev–Trinajstić information content (AvgIpc) is 3.25. The van der Waals surface area contributed by atoms with Gasteiger partial charge in [-0.2, -0.15) is 0 Å². The number of nitrogens with zero attached hydrogens (tertiary/aromatic N) is 1. The van der Waals surface area contributed by atoms with E-state index in [1.807, 2.05) is 30.3 Å². The number of ketones is 1. The number of benzene rings is 1. The lowest BCUT2D eigenvalue weighted by atomic mass is 9.52. The topological polar surface area (TPSA) is 71.5 Å². The van der Waals surface area contributed by atoms with Gasteiger partial charge in [0.25, 0.3) is 0 Å². The predicted octanol–water partition coefficient (Wildman–Crippen LogP) is 4.40. The highest BCUT2D eigenvalue weighted by molar-refractivity contribution is 6.03. The first-order valence-electron chi connectivity index (χ1n) is 11.9. The fraction of sp³-hybridized carbons (Fsp3) is 0.481. The Balaban J connectivity index is 1.23. The standard InChI is InChI=1S/C27H30N2O3/c30-24(16-32-15-17-5-2-1-3-6-17)22-14-28-23-8-4-7-21(23)26(22)29-25-19-9-18-10-20(25)13-27(31,11-18)12-19/h1-7,14,18-20,25,31H,8-13,15-16H2,(H,28,29)/t18?,19-,20+,25?,27?. The molecule has 4 bridgehead atoms. The molecule has 7 rings (SSSR count). The zero-order valence-corrected chi connectivity index (χ0v) is 18.3. The predicted molar refractivity (Wildman–Crippen MR) is 123 cm³/mol. The van der Waals surface area contributed by atoms with Crippen LogP contribution in [-0.2, 0) is 17.8 Å². The maximum Gasteiger partial charge on any atom is 0.192 e. The van der Waals surface area contributed by atoms with E-state index < -0.39 is 5.60 Å². The molecule has 0 spiro atoms. The Morgan fingerprint density at radius 2 is 1.94 bits per heavy atom. The molecule has 4 saturated carbocycles. The first-order valence-corrected chi connectivity index (χ1v) is 11.9. The van der Waals surface area contributed by atoms with Crippen molar-refractivity contribution in [2.24, 2.45) is 17.8 Å². The molecule has 0 saturated heterocycles. The Morgan fingerprint density at radius 3 is 2.69 bits per heavy atom. The second-order valence-electron chi connectivity index (χ2n) is 10.3. The molecule has 2 aromatic rings. The minimum Gasteiger partial charge on any atom is -0.390 e. The molecule has 1 aromatic carbocycles. The smallest absolute Gasteiger partial charge is 0.192 e. The van der Waals surface area contributed by atoms with Gasteiger partial charge in [-0.15, -0.1) is 0 Å². The van der Waals surface area contributed by atoms with Crippen molar-refractivity contribution in [1.82, 2.24) is 4.98 Å². The summed E-state index contributed by atoms with van der Waals surface area (Å²) >= 11 is 0. The van der Waals surface area contributed by atoms with Gasteiger partial charge in [0.15, 0.2) is 5.78 Å². The molecule has 5 atom stereocenters. The van der Waals surface area contributed by atoms with Crippen LogP contribution >= 0.6 is 0 Å². The minimum absolute atomic E-state index is 0.0348. The van der Waals surface area contributed by atoms with E-state index in [4.69, 9.17) is 4.74 Å². The number of pyridine rings is 1. The fourth-order valence-corrected chi connectivity index (χ4v) is 6.86. The number of aliphatic hydroxyl groups is 1. The summed E-state index contributed by atoms with van der Waals surface area (Å²) < 4.78 is 5.75. The molecule has 166 valence electrons. The third kappa shape index (κ3) is 3.57. The Morgan fingerprint density at radius 1 is 1.16 bits per heavy atom. The minimum atomic E-state index is -0.460. The van der Waals surface area contributed by atoms with Crippen LogP contribution in [-0.4, -0.2) is 34.1 Å². The monoisotopic (exact) mass is 430 g/mol. The maximum atomic E-state index is 13.2. The van der Waals surface area contributed by atoms with Crippen molar-refractivity contribution in [1.29, 1.82) is 0 Å². The SMILES string of the molecule is O=C(COCc1ccccc1)c1cnc2c(c1NC1[C@@H]3CC4C[C@H]1CC(O)(C4)C3)C=CC2. The Hall–Kier alpha value is -2.50. The summed E-state index contributed by atoms with van der Waals surface area (Å²) in [5.74, 6) is 1.56. The van der Waals surface area contributed by atoms with Crippen LogP contribution in [0.1, 0.15) is 59.3 Å². The van der Waals surface area contributed by atoms with Gasteiger partial charge in [-0.3, -0.25) is 9.78 Å². The largest absolute Gasteiger partial charge is 0.390 e. The van der Waals surface area contributed by atoms with Gasteiger partial charge in [0.05, 0.1) is 29.2 Å². The number of carbonyl (C=O) groups excluding carboxylic acids is 1. The van der Waals surface area contributed by atoms with Crippen molar-refractivity contribution < 1.29 is 14.6 Å². The van der Waals surface area contributed by atoms with Crippen LogP contribution in [0.3, 0.4) is 0 Å². The van der Waals surface area contributed by atoms with Gasteiger partial charge in [0.1, 0.15) is 6.61 Å². The molecular weight excluding hydrogens is 400 g/mol. The molecule has 5 aliphatic rings. The van der Waals surface area contributed by atoms with Crippen LogP contribution in [0.4, 0.5) is 5.69 Å². The number of fused-ring (bicyclic) bond motifs is 1. The van der Waals surface area contributed by atoms with Crippen LogP contribution in [0.2, 0.25) is 0 Å². The van der Waals surface area contributed by atoms with E-state index in [-0.39, 0.29) is 12.4 Å². The van der Waals surface area contributed by atoms with Gasteiger partial charge < -0.3 is 15.2 Å². The van der Waals surface area contributed by atoms with E-state index >= 15 is 0 Å². The first-order chi connectivity index (χ1) is 15.6. The van der Waals surface area contributed by atoms with Crippen LogP contribution in [0, 0.1) is 17.8 Å². The number of anilines is 1. The number of carbonyl (C=O) groups is 1. The van der Waals surface area contributed by atoms with Crippen molar-refractivity contribution in [3.8, 4) is 0 Å². The second-order valence-corrected chi connectivity index (χ2v) is 10.3. The van der Waals surface area contributed by atoms with Gasteiger partial charge in [0.2, 0.25) is 0 Å². The molecule has 4 fully saturated rings. The van der Waals surface area contributed by atoms with Crippen molar-refractivity contribution in [2.75, 3.05) is 11.9 Å². The zero-order chi connectivity index (χ0) is 21.7. The molecule has 3 unspecified atom stereocenters. The Labute approximate surface area is 188 Å². The highest BCUT2D eigenvalue weighted by atomic mass is 16.5. The second kappa shape index (κ2) is 7.82. The Kier molecular flexibility index (Phi) is 4.92. The van der Waals surface area contributed by atoms with E-state index in [0.29, 0.717) is 36.0 Å². The molecule has 2 N–H and O–H groups in total. The molecule has 5 nitrogen and oxygen atoms in total. The molecule has 5 heteroatoms. The average molecular weight is 431 g/mol. The quantitative estimate of drug-likeness (QED) is 0.637. The zero-order valence-electron chi connectivity index (χ0n) is 18.3. The maximum absolute atomic E-state index is 13.2. The summed E-state index contributed by atoms with van der Waals surface area (Å²) in [5, 5.41) is 14.8. The summed E-state index contributed by atoms with van der Waals surface area (Å²) in [6, 6.07) is 10.2. The third-order valence-corrected chi connectivity index (χ3v) is 7.99. The summed E-state index contributed by atoms with van der Waals surface area (Å²) in [5.41, 5.74) is 4.21. The summed E-state index contributed by atoms with van der Waals surface area (Å²) in [4.78, 5) is 17.8. The Bertz CT molecular complexity index is 1050. The highest BCUT2D eigenvalue weighted by Gasteiger charge is 2.54. The number of aromatic nitrogens is 1. The highest BCUT2D eigenvalue weighted by Crippen LogP contribution is 2.56. The van der Waals surface area contributed by atoms with Gasteiger partial charge in [-0.05, 0) is 55.4 Å². The van der Waals surface area contributed by atoms with Gasteiger partial charge in [-0.25, -0.2) is 0 Å². The first kappa shape index (κ1) is 20.1. The summed E-state index contributed by atoms with van der Waals surface area (Å²) in [6.45, 7) is 0.452. The number of rotatable bonds is 7. The lowest BCUT2D eigenvalue weighted by molar-refractivity contribution is -0.129. The molecule has 5 aliphatic carbocycles. The van der Waals surface area contributed by atoms with E-state index in [9.17, 15) is 9.90 Å². The number of allylic oxidation sites excluding steroid dienone is 1. The number of hydrogen-bond acceptors (Lipinski definition) is 5. The van der Waals surface area contributed by atoms with Crippen LogP contribution in [0.15, 0.2) is 42.6 Å². The van der Waals surface area contributed by atoms with Crippen LogP contribution in [0.5, 0.6) is 0 Å². The van der Waals surface area contributed by atoms with Crippen LogP contribution in [0.25, 0.3) is 6.08 Å². The van der Waals surface area contributed by atoms with Crippen molar-refractivity contribution in [2.45, 2.75) is 56.8 Å². The molecule has 0 amide bonds. The number of ether oxygens (including phenoxy) is 1. The van der Waals surface area contributed by atoms with Crippen molar-refractivity contribution in [3.63, 3.8) is 0 Å². The van der Waals surface area contributed by atoms with Crippen LogP contribution < -0.4 is 5.32 Å². The molecular formula is C27H30N2O3. The number of nitrogens with one attached hydrogen (secondary N) is 1. The van der Waals surface area contributed by atoms with E-state index in [2.05, 4.69) is 22.5 Å². The van der Waals surface area contributed by atoms with E-state index in [0.717, 1.165) is 48.2 Å². The van der Waals surface area contributed by atoms with Crippen molar-refractivity contribution >= 4 is 17.5 Å². The van der Waals surface area contributed by atoms with Gasteiger partial charge in [0, 0.05) is 24.2 Å². The summed E-state index contributed by atoms with van der Waals surface area (Å²) in [7, 11) is 0. The third-order valence-electron chi connectivity index (χ3n) is 7.99. The fourth-order valence-electron chi connectivity index (χ4n) is 6.86. The van der Waals surface area contributed by atoms with Crippen molar-refractivity contribution in [3.05, 3.63) is 65.0 Å². The normalized spacial score (nSPS) is 31.7.